The van der Waals surface area contributed by atoms with Crippen LogP contribution in [0.2, 0.25) is 0 Å². The van der Waals surface area contributed by atoms with Crippen molar-refractivity contribution in [2.75, 3.05) is 0 Å². The summed E-state index contributed by atoms with van der Waals surface area (Å²) >= 11 is 0. The normalized spacial score (nSPS) is 20.6. The molecule has 2 aromatic rings. The molecule has 0 saturated carbocycles. The van der Waals surface area contributed by atoms with Crippen LogP contribution in [0.3, 0.4) is 0 Å². The van der Waals surface area contributed by atoms with Crippen LogP contribution in [0, 0.1) is 0 Å². The van der Waals surface area contributed by atoms with Crippen molar-refractivity contribution in [1.82, 2.24) is 10.8 Å². The zero-order valence-electron chi connectivity index (χ0n) is 12.1. The maximum atomic E-state index is 12.9. The average Bonchev–Trinajstić information content (AvgIpc) is 2.60. The Bertz CT molecular complexity index is 821. The van der Waals surface area contributed by atoms with E-state index in [0.29, 0.717) is 12.0 Å². The summed E-state index contributed by atoms with van der Waals surface area (Å²) < 4.78 is 25.9. The largest absolute Gasteiger partial charge is 0.289 e. The SMILES string of the molecule is O=C(NO)C1Cc2ccccc2C(S(=O)(=O)c2ccccc2)N1. The van der Waals surface area contributed by atoms with E-state index in [2.05, 4.69) is 5.32 Å². The number of hydroxylamine groups is 1. The first-order chi connectivity index (χ1) is 11.0. The number of amides is 1. The lowest BCUT2D eigenvalue weighted by Gasteiger charge is -2.31. The fourth-order valence-electron chi connectivity index (χ4n) is 2.78. The van der Waals surface area contributed by atoms with Gasteiger partial charge in [-0.15, -0.1) is 0 Å². The molecule has 2 atom stereocenters. The first-order valence-corrected chi connectivity index (χ1v) is 8.65. The molecule has 0 saturated heterocycles. The second kappa shape index (κ2) is 6.11. The van der Waals surface area contributed by atoms with Crippen LogP contribution in [0.1, 0.15) is 16.5 Å². The van der Waals surface area contributed by atoms with Crippen LogP contribution in [0.15, 0.2) is 59.5 Å². The molecule has 2 unspecified atom stereocenters. The third-order valence-electron chi connectivity index (χ3n) is 3.92. The lowest BCUT2D eigenvalue weighted by molar-refractivity contribution is -0.131. The molecule has 1 amide bonds. The number of sulfone groups is 1. The van der Waals surface area contributed by atoms with Gasteiger partial charge in [0.25, 0.3) is 5.91 Å². The van der Waals surface area contributed by atoms with Crippen LogP contribution < -0.4 is 10.8 Å². The molecule has 23 heavy (non-hydrogen) atoms. The van der Waals surface area contributed by atoms with E-state index in [1.54, 1.807) is 47.9 Å². The summed E-state index contributed by atoms with van der Waals surface area (Å²) in [5.41, 5.74) is 2.97. The summed E-state index contributed by atoms with van der Waals surface area (Å²) in [4.78, 5) is 11.9. The van der Waals surface area contributed by atoms with E-state index in [9.17, 15) is 13.2 Å². The maximum Gasteiger partial charge on any atom is 0.260 e. The molecule has 7 heteroatoms. The van der Waals surface area contributed by atoms with Gasteiger partial charge < -0.3 is 0 Å². The molecule has 0 fully saturated rings. The van der Waals surface area contributed by atoms with E-state index in [1.807, 2.05) is 0 Å². The first kappa shape index (κ1) is 15.7. The van der Waals surface area contributed by atoms with E-state index < -0.39 is 27.2 Å². The van der Waals surface area contributed by atoms with Gasteiger partial charge in [0.15, 0.2) is 9.84 Å². The van der Waals surface area contributed by atoms with Crippen LogP contribution in [0.25, 0.3) is 0 Å². The Morgan fingerprint density at radius 3 is 2.43 bits per heavy atom. The van der Waals surface area contributed by atoms with Gasteiger partial charge in [-0.1, -0.05) is 42.5 Å². The molecule has 6 nitrogen and oxygen atoms in total. The molecular weight excluding hydrogens is 316 g/mol. The first-order valence-electron chi connectivity index (χ1n) is 7.11. The minimum Gasteiger partial charge on any atom is -0.289 e. The van der Waals surface area contributed by atoms with Gasteiger partial charge in [-0.3, -0.25) is 15.3 Å². The predicted octanol–water partition coefficient (Wildman–Crippen LogP) is 1.18. The number of nitrogens with one attached hydrogen (secondary N) is 2. The Balaban J connectivity index is 2.08. The summed E-state index contributed by atoms with van der Waals surface area (Å²) in [6, 6.07) is 14.4. The monoisotopic (exact) mass is 332 g/mol. The number of fused-ring (bicyclic) bond motifs is 1. The molecule has 0 radical (unpaired) electrons. The van der Waals surface area contributed by atoms with Gasteiger partial charge in [-0.25, -0.2) is 13.9 Å². The lowest BCUT2D eigenvalue weighted by Crippen LogP contribution is -2.50. The van der Waals surface area contributed by atoms with Crippen molar-refractivity contribution in [3.8, 4) is 0 Å². The highest BCUT2D eigenvalue weighted by Gasteiger charge is 2.38. The van der Waals surface area contributed by atoms with Crippen molar-refractivity contribution in [2.45, 2.75) is 22.7 Å². The molecule has 3 N–H and O–H groups in total. The van der Waals surface area contributed by atoms with Crippen LogP contribution in [0.4, 0.5) is 0 Å². The molecule has 120 valence electrons. The Kier molecular flexibility index (Phi) is 4.16. The van der Waals surface area contributed by atoms with Crippen molar-refractivity contribution in [2.24, 2.45) is 0 Å². The van der Waals surface area contributed by atoms with Gasteiger partial charge >= 0.3 is 0 Å². The molecule has 0 aromatic heterocycles. The molecule has 0 bridgehead atoms. The van der Waals surface area contributed by atoms with Crippen LogP contribution >= 0.6 is 0 Å². The standard InChI is InChI=1S/C16H16N2O4S/c19-15(18-20)14-10-11-6-4-5-9-13(11)16(17-14)23(21,22)12-7-2-1-3-8-12/h1-9,14,16-17,20H,10H2,(H,18,19). The number of carbonyl (C=O) groups is 1. The van der Waals surface area contributed by atoms with Crippen molar-refractivity contribution in [3.05, 3.63) is 65.7 Å². The Labute approximate surface area is 134 Å². The fraction of sp³-hybridized carbons (Fsp3) is 0.188. The summed E-state index contributed by atoms with van der Waals surface area (Å²) in [6.45, 7) is 0. The Hall–Kier alpha value is -2.22. The summed E-state index contributed by atoms with van der Waals surface area (Å²) in [5.74, 6) is -0.659. The smallest absolute Gasteiger partial charge is 0.260 e. The van der Waals surface area contributed by atoms with Gasteiger partial charge in [-0.05, 0) is 29.7 Å². The highest BCUT2D eigenvalue weighted by molar-refractivity contribution is 7.91. The van der Waals surface area contributed by atoms with Gasteiger partial charge in [0, 0.05) is 0 Å². The highest BCUT2D eigenvalue weighted by atomic mass is 32.2. The molecule has 0 spiro atoms. The van der Waals surface area contributed by atoms with Gasteiger partial charge in [0.1, 0.15) is 5.37 Å². The highest BCUT2D eigenvalue weighted by Crippen LogP contribution is 2.33. The Morgan fingerprint density at radius 2 is 1.74 bits per heavy atom. The van der Waals surface area contributed by atoms with Crippen LogP contribution in [-0.2, 0) is 21.1 Å². The van der Waals surface area contributed by atoms with Gasteiger partial charge in [0.2, 0.25) is 0 Å². The summed E-state index contributed by atoms with van der Waals surface area (Å²) in [6.07, 6.45) is 0.309. The minimum absolute atomic E-state index is 0.178. The third-order valence-corrected chi connectivity index (χ3v) is 5.86. The van der Waals surface area contributed by atoms with Crippen LogP contribution in [0.5, 0.6) is 0 Å². The fourth-order valence-corrected chi connectivity index (χ4v) is 4.49. The molecule has 1 aliphatic rings. The van der Waals surface area contributed by atoms with E-state index in [4.69, 9.17) is 5.21 Å². The molecule has 1 aliphatic heterocycles. The van der Waals surface area contributed by atoms with Crippen LogP contribution in [-0.4, -0.2) is 25.6 Å². The van der Waals surface area contributed by atoms with Gasteiger partial charge in [-0.2, -0.15) is 0 Å². The molecular formula is C16H16N2O4S. The number of hydrogen-bond acceptors (Lipinski definition) is 5. The van der Waals surface area contributed by atoms with E-state index in [0.717, 1.165) is 5.56 Å². The summed E-state index contributed by atoms with van der Waals surface area (Å²) in [5, 5.41) is 10.6. The number of carbonyl (C=O) groups excluding carboxylic acids is 1. The van der Waals surface area contributed by atoms with E-state index in [1.165, 1.54) is 12.1 Å². The zero-order valence-corrected chi connectivity index (χ0v) is 13.0. The maximum absolute atomic E-state index is 12.9. The number of benzene rings is 2. The molecule has 2 aromatic carbocycles. The van der Waals surface area contributed by atoms with Crippen molar-refractivity contribution >= 4 is 15.7 Å². The quantitative estimate of drug-likeness (QED) is 0.579. The van der Waals surface area contributed by atoms with Crippen molar-refractivity contribution < 1.29 is 18.4 Å². The zero-order chi connectivity index (χ0) is 16.4. The average molecular weight is 332 g/mol. The topological polar surface area (TPSA) is 95.5 Å². The summed E-state index contributed by atoms with van der Waals surface area (Å²) in [7, 11) is -3.72. The van der Waals surface area contributed by atoms with E-state index in [-0.39, 0.29) is 4.90 Å². The van der Waals surface area contributed by atoms with E-state index >= 15 is 0 Å². The minimum atomic E-state index is -3.72. The predicted molar refractivity (Wildman–Crippen MR) is 83.4 cm³/mol. The number of hydrogen-bond donors (Lipinski definition) is 3. The molecule has 1 heterocycles. The second-order valence-corrected chi connectivity index (χ2v) is 7.37. The van der Waals surface area contributed by atoms with Crippen molar-refractivity contribution in [1.29, 1.82) is 0 Å². The van der Waals surface area contributed by atoms with Crippen molar-refractivity contribution in [3.63, 3.8) is 0 Å². The lowest BCUT2D eigenvalue weighted by atomic mass is 9.95. The Morgan fingerprint density at radius 1 is 1.09 bits per heavy atom. The second-order valence-electron chi connectivity index (χ2n) is 5.34. The van der Waals surface area contributed by atoms with Gasteiger partial charge in [0.05, 0.1) is 10.9 Å². The molecule has 3 rings (SSSR count). The third kappa shape index (κ3) is 2.86. The molecule has 0 aliphatic carbocycles. The number of rotatable bonds is 3.